The zero-order valence-corrected chi connectivity index (χ0v) is 9.88. The van der Waals surface area contributed by atoms with Crippen molar-refractivity contribution in [2.45, 2.75) is 25.5 Å². The standard InChI is InChI=1S/C6H15INOS/c1-6(2,3)10(9)5-8-7-4/h8H,5H2,1-4H3/q-1. The molecule has 0 aromatic rings. The first-order chi connectivity index (χ1) is 4.48. The summed E-state index contributed by atoms with van der Waals surface area (Å²) in [6, 6.07) is 0. The molecule has 0 spiro atoms. The summed E-state index contributed by atoms with van der Waals surface area (Å²) >= 11 is 0.0824. The van der Waals surface area contributed by atoms with Gasteiger partial charge >= 0.3 is 76.3 Å². The van der Waals surface area contributed by atoms with E-state index in [2.05, 4.69) is 8.46 Å². The number of nitrogens with one attached hydrogen (secondary N) is 1. The van der Waals surface area contributed by atoms with Gasteiger partial charge in [0.25, 0.3) is 0 Å². The summed E-state index contributed by atoms with van der Waals surface area (Å²) in [6.07, 6.45) is 0. The average molecular weight is 276 g/mol. The van der Waals surface area contributed by atoms with Crippen molar-refractivity contribution in [2.75, 3.05) is 10.8 Å². The molecule has 1 atom stereocenters. The van der Waals surface area contributed by atoms with Crippen molar-refractivity contribution >= 4 is 10.8 Å². The van der Waals surface area contributed by atoms with Gasteiger partial charge in [-0.1, -0.05) is 0 Å². The number of halogens is 1. The molecular weight excluding hydrogens is 261 g/mol. The molecule has 10 heavy (non-hydrogen) atoms. The second-order valence-electron chi connectivity index (χ2n) is 2.92. The predicted molar refractivity (Wildman–Crippen MR) is 41.8 cm³/mol. The van der Waals surface area contributed by atoms with Crippen LogP contribution in [0.25, 0.3) is 0 Å². The molecule has 0 aliphatic rings. The van der Waals surface area contributed by atoms with Crippen LogP contribution in [0.4, 0.5) is 0 Å². The minimum absolute atomic E-state index is 0.0636. The molecule has 2 nitrogen and oxygen atoms in total. The van der Waals surface area contributed by atoms with Crippen molar-refractivity contribution < 1.29 is 25.7 Å². The molecule has 0 aromatic heterocycles. The van der Waals surface area contributed by atoms with E-state index in [0.29, 0.717) is 5.88 Å². The molecular formula is C6H15INOS-. The van der Waals surface area contributed by atoms with Crippen LogP contribution in [-0.4, -0.2) is 19.8 Å². The zero-order chi connectivity index (χ0) is 8.20. The molecule has 0 saturated carbocycles. The van der Waals surface area contributed by atoms with Gasteiger partial charge in [-0.15, -0.1) is 0 Å². The van der Waals surface area contributed by atoms with Crippen molar-refractivity contribution in [1.29, 1.82) is 0 Å². The van der Waals surface area contributed by atoms with Crippen LogP contribution >= 0.6 is 0 Å². The van der Waals surface area contributed by atoms with E-state index in [1.54, 1.807) is 0 Å². The van der Waals surface area contributed by atoms with Gasteiger partial charge in [0.1, 0.15) is 0 Å². The topological polar surface area (TPSA) is 29.1 Å². The second kappa shape index (κ2) is 4.66. The van der Waals surface area contributed by atoms with Gasteiger partial charge in [-0.25, -0.2) is 0 Å². The third kappa shape index (κ3) is 4.62. The molecule has 0 saturated heterocycles. The molecule has 0 aliphatic heterocycles. The van der Waals surface area contributed by atoms with Gasteiger partial charge in [0.05, 0.1) is 0 Å². The minimum atomic E-state index is -0.721. The Kier molecular flexibility index (Phi) is 5.06. The first-order valence-electron chi connectivity index (χ1n) is 3.08. The van der Waals surface area contributed by atoms with E-state index in [1.807, 2.05) is 20.8 Å². The Labute approximate surface area is 76.2 Å². The molecule has 0 amide bonds. The van der Waals surface area contributed by atoms with Gasteiger partial charge in [-0.05, 0) is 0 Å². The van der Waals surface area contributed by atoms with Crippen molar-refractivity contribution in [2.24, 2.45) is 0 Å². The summed E-state index contributed by atoms with van der Waals surface area (Å²) in [5.74, 6) is 0.660. The Bertz CT molecular complexity index is 121. The molecule has 64 valence electrons. The van der Waals surface area contributed by atoms with Crippen LogP contribution in [0.2, 0.25) is 0 Å². The van der Waals surface area contributed by atoms with E-state index in [1.165, 1.54) is 0 Å². The van der Waals surface area contributed by atoms with Gasteiger partial charge in [0.2, 0.25) is 0 Å². The number of rotatable bonds is 3. The van der Waals surface area contributed by atoms with Gasteiger partial charge in [0.15, 0.2) is 0 Å². The van der Waals surface area contributed by atoms with E-state index in [-0.39, 0.29) is 26.2 Å². The van der Waals surface area contributed by atoms with Crippen LogP contribution in [0, 0.1) is 0 Å². The van der Waals surface area contributed by atoms with E-state index in [0.717, 1.165) is 0 Å². The second-order valence-corrected chi connectivity index (χ2v) is 6.97. The summed E-state index contributed by atoms with van der Waals surface area (Å²) in [5, 5.41) is 0. The third-order valence-electron chi connectivity index (χ3n) is 1.00. The molecule has 0 bridgehead atoms. The number of alkyl halides is 1. The quantitative estimate of drug-likeness (QED) is 0.357. The Morgan fingerprint density at radius 3 is 2.30 bits per heavy atom. The summed E-state index contributed by atoms with van der Waals surface area (Å²) in [4.78, 5) is 2.12. The Morgan fingerprint density at radius 1 is 1.50 bits per heavy atom. The Balaban J connectivity index is 3.64. The van der Waals surface area contributed by atoms with Crippen molar-refractivity contribution in [1.82, 2.24) is 3.53 Å². The zero-order valence-electron chi connectivity index (χ0n) is 6.90. The van der Waals surface area contributed by atoms with Crippen molar-refractivity contribution in [3.63, 3.8) is 0 Å². The molecule has 4 heteroatoms. The van der Waals surface area contributed by atoms with Crippen LogP contribution < -0.4 is 25.0 Å². The molecule has 0 radical (unpaired) electrons. The van der Waals surface area contributed by atoms with E-state index in [9.17, 15) is 4.21 Å². The van der Waals surface area contributed by atoms with Crippen molar-refractivity contribution in [3.8, 4) is 0 Å². The van der Waals surface area contributed by atoms with Gasteiger partial charge < -0.3 is 0 Å². The third-order valence-corrected chi connectivity index (χ3v) is 4.44. The maximum absolute atomic E-state index is 11.3. The van der Waals surface area contributed by atoms with Gasteiger partial charge in [0, 0.05) is 0 Å². The predicted octanol–water partition coefficient (Wildman–Crippen LogP) is -2.29. The van der Waals surface area contributed by atoms with Crippen LogP contribution in [0.1, 0.15) is 20.8 Å². The van der Waals surface area contributed by atoms with Crippen LogP contribution in [0.5, 0.6) is 0 Å². The molecule has 0 aromatic carbocycles. The van der Waals surface area contributed by atoms with Crippen LogP contribution in [-0.2, 0) is 10.8 Å². The fourth-order valence-corrected chi connectivity index (χ4v) is 2.74. The first-order valence-corrected chi connectivity index (χ1v) is 7.64. The molecule has 0 rings (SSSR count). The molecule has 1 unspecified atom stereocenters. The normalized spacial score (nSPS) is 15.6. The van der Waals surface area contributed by atoms with E-state index >= 15 is 0 Å². The number of hydrogen-bond acceptors (Lipinski definition) is 2. The average Bonchev–Trinajstić information content (AvgIpc) is 1.80. The molecule has 0 fully saturated rings. The monoisotopic (exact) mass is 276 g/mol. The number of hydrogen-bond donors (Lipinski definition) is 1. The fourth-order valence-electron chi connectivity index (χ4n) is 0.321. The van der Waals surface area contributed by atoms with Crippen LogP contribution in [0.15, 0.2) is 0 Å². The summed E-state index contributed by atoms with van der Waals surface area (Å²) in [5.41, 5.74) is 0. The fraction of sp³-hybridized carbons (Fsp3) is 1.00. The Hall–Kier alpha value is 0.840. The van der Waals surface area contributed by atoms with E-state index in [4.69, 9.17) is 0 Å². The van der Waals surface area contributed by atoms with Gasteiger partial charge in [-0.2, -0.15) is 0 Å². The van der Waals surface area contributed by atoms with E-state index < -0.39 is 10.8 Å². The Morgan fingerprint density at radius 2 is 2.00 bits per heavy atom. The SMILES string of the molecule is C[I-]NCS(=O)C(C)(C)C. The van der Waals surface area contributed by atoms with Crippen LogP contribution in [0.3, 0.4) is 0 Å². The van der Waals surface area contributed by atoms with Crippen molar-refractivity contribution in [3.05, 3.63) is 0 Å². The maximum atomic E-state index is 11.3. The molecule has 1 N–H and O–H groups in total. The van der Waals surface area contributed by atoms with Gasteiger partial charge in [-0.3, -0.25) is 0 Å². The summed E-state index contributed by atoms with van der Waals surface area (Å²) in [6.45, 7) is 6.00. The molecule has 0 aliphatic carbocycles. The summed E-state index contributed by atoms with van der Waals surface area (Å²) < 4.78 is 14.4. The first kappa shape index (κ1) is 10.8. The molecule has 0 heterocycles. The summed E-state index contributed by atoms with van der Waals surface area (Å²) in [7, 11) is -0.721.